The number of aromatic nitrogens is 3. The summed E-state index contributed by atoms with van der Waals surface area (Å²) in [6.07, 6.45) is 2.12. The van der Waals surface area contributed by atoms with Crippen molar-refractivity contribution in [2.75, 3.05) is 18.1 Å². The number of ketones is 1. The third-order valence-corrected chi connectivity index (χ3v) is 7.14. The summed E-state index contributed by atoms with van der Waals surface area (Å²) >= 11 is 2.75. The molecule has 1 amide bonds. The van der Waals surface area contributed by atoms with Gasteiger partial charge in [0.05, 0.1) is 22.1 Å². The van der Waals surface area contributed by atoms with Gasteiger partial charge in [0.15, 0.2) is 5.78 Å². The Bertz CT molecular complexity index is 1110. The van der Waals surface area contributed by atoms with E-state index in [0.29, 0.717) is 27.3 Å². The SMILES string of the molecule is CNc1ccc2nc(C)nc(SCC(=O)c3ccc(C(C)C(=O)NC4CC4)s3)c2n1. The first-order valence-corrected chi connectivity index (χ1v) is 11.6. The second-order valence-corrected chi connectivity index (χ2v) is 9.39. The van der Waals surface area contributed by atoms with Crippen molar-refractivity contribution < 1.29 is 9.59 Å². The van der Waals surface area contributed by atoms with E-state index < -0.39 is 0 Å². The first-order valence-electron chi connectivity index (χ1n) is 9.84. The van der Waals surface area contributed by atoms with Crippen molar-refractivity contribution in [1.29, 1.82) is 0 Å². The first-order chi connectivity index (χ1) is 14.4. The van der Waals surface area contributed by atoms with Crippen LogP contribution in [0, 0.1) is 6.92 Å². The van der Waals surface area contributed by atoms with Gasteiger partial charge in [0, 0.05) is 18.0 Å². The zero-order valence-corrected chi connectivity index (χ0v) is 18.7. The van der Waals surface area contributed by atoms with Crippen molar-refractivity contribution in [3.8, 4) is 0 Å². The quantitative estimate of drug-likeness (QED) is 0.312. The van der Waals surface area contributed by atoms with Crippen LogP contribution in [0.15, 0.2) is 29.3 Å². The summed E-state index contributed by atoms with van der Waals surface area (Å²) in [6.45, 7) is 3.71. The van der Waals surface area contributed by atoms with Gasteiger partial charge in [0.25, 0.3) is 0 Å². The lowest BCUT2D eigenvalue weighted by Crippen LogP contribution is -2.29. The summed E-state index contributed by atoms with van der Waals surface area (Å²) in [6, 6.07) is 7.78. The molecule has 3 aromatic heterocycles. The number of thiophene rings is 1. The first kappa shape index (κ1) is 20.7. The standard InChI is InChI=1S/C21H23N5O2S2/c1-11(20(28)25-13-4-5-13)16-7-8-17(30-16)15(27)10-29-21-19-14(23-12(2)24-21)6-9-18(22-3)26-19/h6-9,11,13H,4-5,10H2,1-3H3,(H,22,26)(H,25,28). The molecule has 1 aliphatic carbocycles. The van der Waals surface area contributed by atoms with Gasteiger partial charge in [-0.3, -0.25) is 9.59 Å². The number of thioether (sulfide) groups is 1. The van der Waals surface area contributed by atoms with Gasteiger partial charge in [0.2, 0.25) is 5.91 Å². The van der Waals surface area contributed by atoms with Crippen molar-refractivity contribution in [2.24, 2.45) is 0 Å². The number of carbonyl (C=O) groups is 2. The van der Waals surface area contributed by atoms with Crippen LogP contribution in [0.25, 0.3) is 11.0 Å². The number of fused-ring (bicyclic) bond motifs is 1. The van der Waals surface area contributed by atoms with Crippen molar-refractivity contribution in [3.63, 3.8) is 0 Å². The fourth-order valence-electron chi connectivity index (χ4n) is 2.96. The minimum absolute atomic E-state index is 0.0141. The lowest BCUT2D eigenvalue weighted by atomic mass is 10.1. The Labute approximate surface area is 183 Å². The molecule has 1 fully saturated rings. The summed E-state index contributed by atoms with van der Waals surface area (Å²) in [4.78, 5) is 40.1. The van der Waals surface area contributed by atoms with E-state index in [1.807, 2.05) is 38.1 Å². The van der Waals surface area contributed by atoms with E-state index in [-0.39, 0.29) is 23.4 Å². The Morgan fingerprint density at radius 1 is 1.20 bits per heavy atom. The molecule has 0 bridgehead atoms. The van der Waals surface area contributed by atoms with Gasteiger partial charge in [0.1, 0.15) is 22.2 Å². The van der Waals surface area contributed by atoms with Crippen LogP contribution < -0.4 is 10.6 Å². The molecule has 1 unspecified atom stereocenters. The van der Waals surface area contributed by atoms with Gasteiger partial charge in [-0.15, -0.1) is 11.3 Å². The van der Waals surface area contributed by atoms with E-state index in [2.05, 4.69) is 25.6 Å². The highest BCUT2D eigenvalue weighted by Crippen LogP contribution is 2.30. The Morgan fingerprint density at radius 3 is 2.73 bits per heavy atom. The predicted octanol–water partition coefficient (Wildman–Crippen LogP) is 3.79. The average molecular weight is 442 g/mol. The number of hydrogen-bond acceptors (Lipinski definition) is 8. The van der Waals surface area contributed by atoms with Crippen LogP contribution in [0.1, 0.15) is 46.1 Å². The van der Waals surface area contributed by atoms with Gasteiger partial charge in [-0.1, -0.05) is 11.8 Å². The lowest BCUT2D eigenvalue weighted by Gasteiger charge is -2.09. The molecule has 30 heavy (non-hydrogen) atoms. The molecule has 3 aromatic rings. The number of nitrogens with zero attached hydrogens (tertiary/aromatic N) is 3. The molecule has 156 valence electrons. The number of amides is 1. The van der Waals surface area contributed by atoms with Gasteiger partial charge in [-0.2, -0.15) is 0 Å². The molecule has 1 aliphatic rings. The van der Waals surface area contributed by atoms with Crippen LogP contribution >= 0.6 is 23.1 Å². The summed E-state index contributed by atoms with van der Waals surface area (Å²) in [5.41, 5.74) is 1.44. The van der Waals surface area contributed by atoms with E-state index in [1.165, 1.54) is 23.1 Å². The van der Waals surface area contributed by atoms with Crippen molar-refractivity contribution in [2.45, 2.75) is 43.7 Å². The molecule has 7 nitrogen and oxygen atoms in total. The fraction of sp³-hybridized carbons (Fsp3) is 0.381. The highest BCUT2D eigenvalue weighted by atomic mass is 32.2. The van der Waals surface area contributed by atoms with Gasteiger partial charge < -0.3 is 10.6 Å². The topological polar surface area (TPSA) is 96.9 Å². The van der Waals surface area contributed by atoms with Gasteiger partial charge >= 0.3 is 0 Å². The van der Waals surface area contributed by atoms with E-state index in [1.54, 1.807) is 7.05 Å². The maximum absolute atomic E-state index is 12.8. The molecule has 9 heteroatoms. The van der Waals surface area contributed by atoms with Crippen LogP contribution in [0.5, 0.6) is 0 Å². The van der Waals surface area contributed by atoms with E-state index in [9.17, 15) is 9.59 Å². The molecule has 1 saturated carbocycles. The van der Waals surface area contributed by atoms with Gasteiger partial charge in [-0.25, -0.2) is 15.0 Å². The van der Waals surface area contributed by atoms with E-state index in [0.717, 1.165) is 29.1 Å². The Balaban J connectivity index is 1.46. The fourth-order valence-corrected chi connectivity index (χ4v) is 4.96. The smallest absolute Gasteiger partial charge is 0.228 e. The number of anilines is 1. The predicted molar refractivity (Wildman–Crippen MR) is 121 cm³/mol. The Morgan fingerprint density at radius 2 is 2.00 bits per heavy atom. The second-order valence-electron chi connectivity index (χ2n) is 7.31. The molecule has 4 rings (SSSR count). The van der Waals surface area contributed by atoms with Gasteiger partial charge in [-0.05, 0) is 51.0 Å². The average Bonchev–Trinajstić information content (AvgIpc) is 3.42. The summed E-state index contributed by atoms with van der Waals surface area (Å²) < 4.78 is 0. The normalized spacial score (nSPS) is 14.5. The maximum Gasteiger partial charge on any atom is 0.228 e. The van der Waals surface area contributed by atoms with Crippen LogP contribution in [-0.2, 0) is 4.79 Å². The van der Waals surface area contributed by atoms with Crippen molar-refractivity contribution >= 4 is 51.6 Å². The monoisotopic (exact) mass is 441 g/mol. The van der Waals surface area contributed by atoms with Crippen LogP contribution in [0.4, 0.5) is 5.82 Å². The third-order valence-electron chi connectivity index (χ3n) is 4.86. The third kappa shape index (κ3) is 4.62. The summed E-state index contributed by atoms with van der Waals surface area (Å²) in [7, 11) is 1.81. The minimum Gasteiger partial charge on any atom is -0.373 e. The summed E-state index contributed by atoms with van der Waals surface area (Å²) in [5.74, 6) is 1.42. The number of hydrogen-bond donors (Lipinski definition) is 2. The Hall–Kier alpha value is -2.52. The number of Topliss-reactive ketones (excluding diaryl/α,β-unsaturated/α-hetero) is 1. The second kappa shape index (κ2) is 8.69. The molecule has 3 heterocycles. The number of rotatable bonds is 8. The molecular formula is C21H23N5O2S2. The molecule has 0 spiro atoms. The van der Waals surface area contributed by atoms with Crippen molar-refractivity contribution in [1.82, 2.24) is 20.3 Å². The van der Waals surface area contributed by atoms with E-state index >= 15 is 0 Å². The molecule has 1 atom stereocenters. The molecule has 0 aromatic carbocycles. The maximum atomic E-state index is 12.8. The molecule has 0 radical (unpaired) electrons. The van der Waals surface area contributed by atoms with Crippen LogP contribution in [0.3, 0.4) is 0 Å². The number of pyridine rings is 1. The number of aryl methyl sites for hydroxylation is 1. The lowest BCUT2D eigenvalue weighted by molar-refractivity contribution is -0.122. The molecule has 0 saturated heterocycles. The number of nitrogens with one attached hydrogen (secondary N) is 2. The Kier molecular flexibility index (Phi) is 6.01. The minimum atomic E-state index is -0.248. The zero-order valence-electron chi connectivity index (χ0n) is 17.1. The van der Waals surface area contributed by atoms with E-state index in [4.69, 9.17) is 0 Å². The summed E-state index contributed by atoms with van der Waals surface area (Å²) in [5, 5.41) is 6.73. The highest BCUT2D eigenvalue weighted by molar-refractivity contribution is 8.00. The number of carbonyl (C=O) groups excluding carboxylic acids is 2. The largest absolute Gasteiger partial charge is 0.373 e. The van der Waals surface area contributed by atoms with Crippen molar-refractivity contribution in [3.05, 3.63) is 39.8 Å². The molecule has 0 aliphatic heterocycles. The zero-order chi connectivity index (χ0) is 21.3. The van der Waals surface area contributed by atoms with Crippen LogP contribution in [-0.4, -0.2) is 45.5 Å². The highest BCUT2D eigenvalue weighted by Gasteiger charge is 2.27. The van der Waals surface area contributed by atoms with Crippen LogP contribution in [0.2, 0.25) is 0 Å². The molecular weight excluding hydrogens is 418 g/mol. The molecule has 2 N–H and O–H groups in total.